The average Bonchev–Trinajstić information content (AvgIpc) is 2.81. The number of carbonyl (C=O) groups is 2. The number of urea groups is 1. The number of rotatable bonds is 4. The highest BCUT2D eigenvalue weighted by Gasteiger charge is 2.55. The van der Waals surface area contributed by atoms with Gasteiger partial charge in [0.05, 0.1) is 25.1 Å². The average molecular weight is 446 g/mol. The minimum atomic E-state index is -0.383. The molecule has 3 atom stereocenters. The summed E-state index contributed by atoms with van der Waals surface area (Å²) < 4.78 is 13.2. The van der Waals surface area contributed by atoms with Crippen molar-refractivity contribution in [1.29, 1.82) is 0 Å². The molecule has 2 N–H and O–H groups in total. The van der Waals surface area contributed by atoms with Crippen LogP contribution in [-0.4, -0.2) is 52.2 Å². The lowest BCUT2D eigenvalue weighted by molar-refractivity contribution is -0.149. The van der Waals surface area contributed by atoms with Crippen molar-refractivity contribution in [2.45, 2.75) is 24.4 Å². The molecule has 1 fully saturated rings. The predicted octanol–water partition coefficient (Wildman–Crippen LogP) is 3.17. The summed E-state index contributed by atoms with van der Waals surface area (Å²) in [5.41, 5.74) is 2.95. The van der Waals surface area contributed by atoms with Gasteiger partial charge in [0.1, 0.15) is 5.82 Å². The monoisotopic (exact) mass is 446 g/mol. The van der Waals surface area contributed by atoms with Crippen LogP contribution in [0.3, 0.4) is 0 Å². The number of fused-ring (bicyclic) bond motifs is 3. The van der Waals surface area contributed by atoms with Crippen molar-refractivity contribution in [3.05, 3.63) is 90.0 Å². The predicted molar refractivity (Wildman–Crippen MR) is 121 cm³/mol. The minimum absolute atomic E-state index is 0.0566. The van der Waals surface area contributed by atoms with E-state index < -0.39 is 0 Å². The minimum Gasteiger partial charge on any atom is -0.394 e. The molecule has 3 aromatic rings. The maximum Gasteiger partial charge on any atom is 0.326 e. The van der Waals surface area contributed by atoms with E-state index in [1.807, 2.05) is 30.3 Å². The zero-order chi connectivity index (χ0) is 22.9. The van der Waals surface area contributed by atoms with Crippen molar-refractivity contribution < 1.29 is 19.1 Å². The van der Waals surface area contributed by atoms with Gasteiger partial charge in [-0.1, -0.05) is 24.3 Å². The molecule has 0 unspecified atom stereocenters. The lowest BCUT2D eigenvalue weighted by atomic mass is 9.71. The van der Waals surface area contributed by atoms with E-state index in [9.17, 15) is 19.1 Å². The van der Waals surface area contributed by atoms with Crippen LogP contribution in [0.2, 0.25) is 0 Å². The fraction of sp³-hybridized carbons (Fsp3) is 0.240. The Bertz CT molecular complexity index is 1170. The van der Waals surface area contributed by atoms with Crippen LogP contribution >= 0.6 is 0 Å². The number of likely N-dealkylation sites (tertiary alicyclic amines) is 1. The molecule has 0 saturated carbocycles. The van der Waals surface area contributed by atoms with Gasteiger partial charge in [0, 0.05) is 36.2 Å². The fourth-order valence-electron chi connectivity index (χ4n) is 4.92. The van der Waals surface area contributed by atoms with Gasteiger partial charge in [0.2, 0.25) is 5.91 Å². The van der Waals surface area contributed by atoms with Crippen molar-refractivity contribution in [2.75, 3.05) is 23.4 Å². The number of aliphatic hydroxyl groups is 1. The first kappa shape index (κ1) is 21.1. The third-order valence-corrected chi connectivity index (χ3v) is 6.39. The van der Waals surface area contributed by atoms with Crippen LogP contribution in [0.1, 0.15) is 17.0 Å². The van der Waals surface area contributed by atoms with Crippen LogP contribution in [0.5, 0.6) is 0 Å². The van der Waals surface area contributed by atoms with E-state index in [0.29, 0.717) is 12.2 Å². The maximum atomic E-state index is 13.2. The summed E-state index contributed by atoms with van der Waals surface area (Å²) in [6, 6.07) is 15.8. The second-order valence-corrected chi connectivity index (χ2v) is 8.29. The molecule has 3 heterocycles. The lowest BCUT2D eigenvalue weighted by Gasteiger charge is -2.58. The summed E-state index contributed by atoms with van der Waals surface area (Å²) in [6.07, 6.45) is 3.48. The van der Waals surface area contributed by atoms with Crippen molar-refractivity contribution in [1.82, 2.24) is 9.88 Å². The molecule has 2 aliphatic rings. The second-order valence-electron chi connectivity index (χ2n) is 8.29. The third kappa shape index (κ3) is 3.82. The topological polar surface area (TPSA) is 85.8 Å². The van der Waals surface area contributed by atoms with Gasteiger partial charge < -0.3 is 15.3 Å². The number of hydrogen-bond donors (Lipinski definition) is 2. The van der Waals surface area contributed by atoms with Crippen molar-refractivity contribution >= 4 is 23.3 Å². The largest absolute Gasteiger partial charge is 0.394 e. The van der Waals surface area contributed by atoms with Crippen LogP contribution in [0.4, 0.5) is 20.6 Å². The first-order valence-corrected chi connectivity index (χ1v) is 10.8. The Balaban J connectivity index is 1.42. The van der Waals surface area contributed by atoms with E-state index in [1.165, 1.54) is 24.3 Å². The van der Waals surface area contributed by atoms with E-state index in [1.54, 1.807) is 28.3 Å². The molecule has 8 heteroatoms. The fourth-order valence-corrected chi connectivity index (χ4v) is 4.92. The molecule has 5 rings (SSSR count). The summed E-state index contributed by atoms with van der Waals surface area (Å²) in [5.74, 6) is -0.549. The Morgan fingerprint density at radius 1 is 1.09 bits per heavy atom. The van der Waals surface area contributed by atoms with E-state index >= 15 is 0 Å². The molecular formula is C25H23FN4O3. The SMILES string of the molecule is O=C(Nc1ccc(F)cc1)N1C[C@@H]2[C@H](c3ccccc31)[C@@H](CO)N2C(=O)Cc1cccnc1. The number of halogens is 1. The second kappa shape index (κ2) is 8.63. The van der Waals surface area contributed by atoms with Gasteiger partial charge in [-0.2, -0.15) is 0 Å². The zero-order valence-corrected chi connectivity index (χ0v) is 17.8. The Labute approximate surface area is 190 Å². The molecule has 168 valence electrons. The van der Waals surface area contributed by atoms with Gasteiger partial charge in [-0.05, 0) is 47.5 Å². The molecule has 1 saturated heterocycles. The number of para-hydroxylation sites is 1. The van der Waals surface area contributed by atoms with Gasteiger partial charge in [-0.15, -0.1) is 0 Å². The van der Waals surface area contributed by atoms with Gasteiger partial charge in [-0.3, -0.25) is 14.7 Å². The van der Waals surface area contributed by atoms with Gasteiger partial charge in [-0.25, -0.2) is 9.18 Å². The first-order chi connectivity index (χ1) is 16.1. The number of anilines is 2. The first-order valence-electron chi connectivity index (χ1n) is 10.8. The highest BCUT2D eigenvalue weighted by atomic mass is 19.1. The highest BCUT2D eigenvalue weighted by Crippen LogP contribution is 2.48. The summed E-state index contributed by atoms with van der Waals surface area (Å²) in [5, 5.41) is 12.9. The number of benzene rings is 2. The van der Waals surface area contributed by atoms with E-state index in [-0.39, 0.29) is 48.8 Å². The molecule has 2 aromatic carbocycles. The van der Waals surface area contributed by atoms with Gasteiger partial charge in [0.25, 0.3) is 0 Å². The highest BCUT2D eigenvalue weighted by molar-refractivity contribution is 6.03. The molecule has 0 aliphatic carbocycles. The quantitative estimate of drug-likeness (QED) is 0.645. The Morgan fingerprint density at radius 3 is 2.61 bits per heavy atom. The molecule has 0 spiro atoms. The molecule has 3 amide bonds. The standard InChI is InChI=1S/C25H23FN4O3/c26-17-7-9-18(10-8-17)28-25(33)29-14-21-24(19-5-1-2-6-20(19)29)22(15-31)30(21)23(32)12-16-4-3-11-27-13-16/h1-11,13,21-22,24,31H,12,14-15H2,(H,28,33)/t21-,22-,24+/m1/s1. The summed E-state index contributed by atoms with van der Waals surface area (Å²) in [6.45, 7) is 0.139. The Morgan fingerprint density at radius 2 is 1.88 bits per heavy atom. The summed E-state index contributed by atoms with van der Waals surface area (Å²) in [7, 11) is 0. The Hall–Kier alpha value is -3.78. The molecule has 0 bridgehead atoms. The number of hydrogen-bond acceptors (Lipinski definition) is 4. The van der Waals surface area contributed by atoms with Gasteiger partial charge in [0.15, 0.2) is 0 Å². The van der Waals surface area contributed by atoms with Crippen LogP contribution in [0.15, 0.2) is 73.1 Å². The molecule has 0 radical (unpaired) electrons. The van der Waals surface area contributed by atoms with Crippen molar-refractivity contribution in [2.24, 2.45) is 0 Å². The molecule has 7 nitrogen and oxygen atoms in total. The van der Waals surface area contributed by atoms with Crippen LogP contribution < -0.4 is 10.2 Å². The van der Waals surface area contributed by atoms with Crippen molar-refractivity contribution in [3.8, 4) is 0 Å². The number of nitrogens with zero attached hydrogens (tertiary/aromatic N) is 3. The number of aromatic nitrogens is 1. The molecule has 1 aromatic heterocycles. The van der Waals surface area contributed by atoms with Crippen LogP contribution in [-0.2, 0) is 11.2 Å². The molecular weight excluding hydrogens is 423 g/mol. The number of pyridine rings is 1. The lowest BCUT2D eigenvalue weighted by Crippen LogP contribution is -2.71. The van der Waals surface area contributed by atoms with Gasteiger partial charge >= 0.3 is 6.03 Å². The smallest absolute Gasteiger partial charge is 0.326 e. The maximum absolute atomic E-state index is 13.2. The van der Waals surface area contributed by atoms with E-state index in [4.69, 9.17) is 0 Å². The van der Waals surface area contributed by atoms with Crippen LogP contribution in [0.25, 0.3) is 0 Å². The number of carbonyl (C=O) groups excluding carboxylic acids is 2. The molecule has 33 heavy (non-hydrogen) atoms. The van der Waals surface area contributed by atoms with Crippen molar-refractivity contribution in [3.63, 3.8) is 0 Å². The van der Waals surface area contributed by atoms with E-state index in [0.717, 1.165) is 16.8 Å². The normalized spacial score (nSPS) is 21.0. The summed E-state index contributed by atoms with van der Waals surface area (Å²) >= 11 is 0. The number of aliphatic hydroxyl groups excluding tert-OH is 1. The Kier molecular flexibility index (Phi) is 5.51. The summed E-state index contributed by atoms with van der Waals surface area (Å²) in [4.78, 5) is 33.7. The number of nitrogens with one attached hydrogen (secondary N) is 1. The van der Waals surface area contributed by atoms with Crippen LogP contribution in [0, 0.1) is 5.82 Å². The third-order valence-electron chi connectivity index (χ3n) is 6.39. The van der Waals surface area contributed by atoms with E-state index in [2.05, 4.69) is 10.3 Å². The number of amides is 3. The molecule has 2 aliphatic heterocycles. The zero-order valence-electron chi connectivity index (χ0n) is 17.8.